The fraction of sp³-hybridized carbons (Fsp3) is 0.231. The Morgan fingerprint density at radius 3 is 3.06 bits per heavy atom. The normalized spacial score (nSPS) is 11.2. The van der Waals surface area contributed by atoms with Crippen LogP contribution in [0.3, 0.4) is 0 Å². The Labute approximate surface area is 109 Å². The molecule has 3 aromatic heterocycles. The summed E-state index contributed by atoms with van der Waals surface area (Å²) in [7, 11) is 0. The summed E-state index contributed by atoms with van der Waals surface area (Å²) in [5.74, 6) is 0.698. The lowest BCUT2D eigenvalue weighted by Crippen LogP contribution is -2.00. The van der Waals surface area contributed by atoms with Crippen LogP contribution < -0.4 is 5.73 Å². The van der Waals surface area contributed by atoms with Gasteiger partial charge in [0, 0.05) is 12.4 Å². The summed E-state index contributed by atoms with van der Waals surface area (Å²) in [6, 6.07) is 2.15. The molecule has 0 radical (unpaired) electrons. The number of hydrogen-bond acceptors (Lipinski definition) is 4. The van der Waals surface area contributed by atoms with Crippen molar-refractivity contribution in [1.29, 1.82) is 0 Å². The van der Waals surface area contributed by atoms with Crippen molar-refractivity contribution < 1.29 is 0 Å². The van der Waals surface area contributed by atoms with Gasteiger partial charge in [-0.15, -0.1) is 0 Å². The third-order valence-corrected chi connectivity index (χ3v) is 3.80. The van der Waals surface area contributed by atoms with E-state index in [2.05, 4.69) is 26.8 Å². The van der Waals surface area contributed by atoms with Crippen LogP contribution >= 0.6 is 11.3 Å². The summed E-state index contributed by atoms with van der Waals surface area (Å²) in [4.78, 5) is 8.92. The molecule has 0 aliphatic rings. The van der Waals surface area contributed by atoms with Gasteiger partial charge in [0.1, 0.15) is 5.82 Å². The van der Waals surface area contributed by atoms with Gasteiger partial charge in [0.05, 0.1) is 11.4 Å². The van der Waals surface area contributed by atoms with E-state index in [0.717, 1.165) is 29.9 Å². The lowest BCUT2D eigenvalue weighted by molar-refractivity contribution is 0.905. The lowest BCUT2D eigenvalue weighted by atomic mass is 10.1. The molecule has 0 bridgehead atoms. The van der Waals surface area contributed by atoms with Crippen LogP contribution in [0.4, 0.5) is 5.82 Å². The molecule has 0 aliphatic heterocycles. The predicted molar refractivity (Wildman–Crippen MR) is 73.9 cm³/mol. The first-order chi connectivity index (χ1) is 8.75. The van der Waals surface area contributed by atoms with Gasteiger partial charge < -0.3 is 5.73 Å². The molecule has 0 saturated carbocycles. The Hall–Kier alpha value is -1.88. The van der Waals surface area contributed by atoms with E-state index in [1.54, 1.807) is 17.5 Å². The van der Waals surface area contributed by atoms with E-state index in [4.69, 9.17) is 5.73 Å². The van der Waals surface area contributed by atoms with Crippen LogP contribution in [0.2, 0.25) is 0 Å². The Morgan fingerprint density at radius 2 is 2.28 bits per heavy atom. The molecule has 0 aromatic carbocycles. The summed E-state index contributed by atoms with van der Waals surface area (Å²) >= 11 is 1.72. The van der Waals surface area contributed by atoms with E-state index < -0.39 is 0 Å². The quantitative estimate of drug-likeness (QED) is 0.785. The van der Waals surface area contributed by atoms with Crippen molar-refractivity contribution in [3.63, 3.8) is 0 Å². The van der Waals surface area contributed by atoms with Gasteiger partial charge in [0.15, 0.2) is 5.65 Å². The lowest BCUT2D eigenvalue weighted by Gasteiger charge is -2.02. The molecule has 0 spiro atoms. The second-order valence-corrected chi connectivity index (χ2v) is 5.06. The first-order valence-electron chi connectivity index (χ1n) is 5.85. The number of nitrogens with zero attached hydrogens (tertiary/aromatic N) is 3. The fourth-order valence-corrected chi connectivity index (χ4v) is 2.74. The van der Waals surface area contributed by atoms with Gasteiger partial charge in [-0.05, 0) is 42.2 Å². The summed E-state index contributed by atoms with van der Waals surface area (Å²) in [5, 5.41) is 4.27. The number of aryl methyl sites for hydroxylation is 3. The van der Waals surface area contributed by atoms with Crippen molar-refractivity contribution in [2.75, 3.05) is 5.73 Å². The minimum absolute atomic E-state index is 0.698. The minimum Gasteiger partial charge on any atom is -0.383 e. The van der Waals surface area contributed by atoms with Crippen LogP contribution in [0, 0.1) is 6.92 Å². The molecule has 3 rings (SSSR count). The average Bonchev–Trinajstić information content (AvgIpc) is 2.98. The van der Waals surface area contributed by atoms with E-state index in [1.165, 1.54) is 5.56 Å². The highest BCUT2D eigenvalue weighted by atomic mass is 32.1. The number of anilines is 1. The van der Waals surface area contributed by atoms with Crippen LogP contribution in [0.15, 0.2) is 29.2 Å². The standard InChI is InChI=1S/C13H14N4S/c1-9-12(14)17-6-5-15-11(13(17)16-9)3-2-10-4-7-18-8-10/h4-8H,2-3,14H2,1H3. The molecule has 0 aliphatic carbocycles. The summed E-state index contributed by atoms with van der Waals surface area (Å²) < 4.78 is 1.91. The fourth-order valence-electron chi connectivity index (χ4n) is 2.03. The molecule has 2 N–H and O–H groups in total. The third-order valence-electron chi connectivity index (χ3n) is 3.07. The second-order valence-electron chi connectivity index (χ2n) is 4.28. The maximum atomic E-state index is 5.97. The van der Waals surface area contributed by atoms with E-state index in [9.17, 15) is 0 Å². The van der Waals surface area contributed by atoms with Gasteiger partial charge in [-0.2, -0.15) is 11.3 Å². The maximum Gasteiger partial charge on any atom is 0.160 e. The van der Waals surface area contributed by atoms with Crippen molar-refractivity contribution in [2.24, 2.45) is 0 Å². The highest BCUT2D eigenvalue weighted by Crippen LogP contribution is 2.17. The van der Waals surface area contributed by atoms with Crippen LogP contribution in [0.5, 0.6) is 0 Å². The zero-order valence-electron chi connectivity index (χ0n) is 10.1. The third kappa shape index (κ3) is 1.86. The molecule has 18 heavy (non-hydrogen) atoms. The molecule has 92 valence electrons. The molecule has 3 heterocycles. The highest BCUT2D eigenvalue weighted by Gasteiger charge is 2.10. The predicted octanol–water partition coefficient (Wildman–Crippen LogP) is 2.47. The first kappa shape index (κ1) is 11.2. The van der Waals surface area contributed by atoms with Gasteiger partial charge in [0.25, 0.3) is 0 Å². The molecule has 0 fully saturated rings. The topological polar surface area (TPSA) is 56.2 Å². The molecule has 0 unspecified atom stereocenters. The van der Waals surface area contributed by atoms with Crippen molar-refractivity contribution in [1.82, 2.24) is 14.4 Å². The van der Waals surface area contributed by atoms with Crippen molar-refractivity contribution in [3.8, 4) is 0 Å². The number of imidazole rings is 1. The van der Waals surface area contributed by atoms with E-state index in [1.807, 2.05) is 17.5 Å². The van der Waals surface area contributed by atoms with E-state index in [-0.39, 0.29) is 0 Å². The number of aromatic nitrogens is 3. The van der Waals surface area contributed by atoms with Gasteiger partial charge in [-0.25, -0.2) is 4.98 Å². The van der Waals surface area contributed by atoms with Gasteiger partial charge >= 0.3 is 0 Å². The smallest absolute Gasteiger partial charge is 0.160 e. The van der Waals surface area contributed by atoms with Crippen molar-refractivity contribution in [3.05, 3.63) is 46.2 Å². The largest absolute Gasteiger partial charge is 0.383 e. The summed E-state index contributed by atoms with van der Waals surface area (Å²) in [6.07, 6.45) is 5.52. The molecule has 0 amide bonds. The average molecular weight is 258 g/mol. The molecular formula is C13H14N4S. The SMILES string of the molecule is Cc1nc2c(CCc3ccsc3)nccn2c1N. The van der Waals surface area contributed by atoms with Crippen LogP contribution in [-0.2, 0) is 12.8 Å². The Balaban J connectivity index is 1.94. The minimum atomic E-state index is 0.698. The number of hydrogen-bond donors (Lipinski definition) is 1. The molecule has 4 nitrogen and oxygen atoms in total. The molecule has 3 aromatic rings. The van der Waals surface area contributed by atoms with Crippen molar-refractivity contribution >= 4 is 22.8 Å². The van der Waals surface area contributed by atoms with Gasteiger partial charge in [-0.3, -0.25) is 9.38 Å². The Morgan fingerprint density at radius 1 is 1.39 bits per heavy atom. The monoisotopic (exact) mass is 258 g/mol. The second kappa shape index (κ2) is 4.42. The zero-order valence-corrected chi connectivity index (χ0v) is 10.9. The first-order valence-corrected chi connectivity index (χ1v) is 6.79. The van der Waals surface area contributed by atoms with E-state index in [0.29, 0.717) is 5.82 Å². The maximum absolute atomic E-state index is 5.97. The number of fused-ring (bicyclic) bond motifs is 1. The van der Waals surface area contributed by atoms with Gasteiger partial charge in [0.2, 0.25) is 0 Å². The summed E-state index contributed by atoms with van der Waals surface area (Å²) in [6.45, 7) is 1.92. The molecule has 5 heteroatoms. The number of nitrogen functional groups attached to an aromatic ring is 1. The highest BCUT2D eigenvalue weighted by molar-refractivity contribution is 7.07. The number of rotatable bonds is 3. The molecular weight excluding hydrogens is 244 g/mol. The van der Waals surface area contributed by atoms with Crippen molar-refractivity contribution in [2.45, 2.75) is 19.8 Å². The molecule has 0 atom stereocenters. The molecule has 0 saturated heterocycles. The van der Waals surface area contributed by atoms with Crippen LogP contribution in [0.25, 0.3) is 5.65 Å². The van der Waals surface area contributed by atoms with Crippen LogP contribution in [-0.4, -0.2) is 14.4 Å². The number of thiophene rings is 1. The van der Waals surface area contributed by atoms with Crippen LogP contribution in [0.1, 0.15) is 17.0 Å². The Bertz CT molecular complexity index is 670. The number of nitrogens with two attached hydrogens (primary N) is 1. The van der Waals surface area contributed by atoms with E-state index >= 15 is 0 Å². The van der Waals surface area contributed by atoms with Gasteiger partial charge in [-0.1, -0.05) is 0 Å². The zero-order chi connectivity index (χ0) is 12.5. The summed E-state index contributed by atoms with van der Waals surface area (Å²) in [5.41, 5.74) is 10.1. The Kier molecular flexibility index (Phi) is 2.76.